The fourth-order valence-electron chi connectivity index (χ4n) is 2.34. The van der Waals surface area contributed by atoms with Crippen LogP contribution < -0.4 is 5.73 Å². The lowest BCUT2D eigenvalue weighted by atomic mass is 9.94. The van der Waals surface area contributed by atoms with Gasteiger partial charge < -0.3 is 5.73 Å². The first kappa shape index (κ1) is 15.2. The molecule has 1 aliphatic heterocycles. The number of aromatic nitrogens is 1. The van der Waals surface area contributed by atoms with E-state index in [1.54, 1.807) is 6.07 Å². The lowest BCUT2D eigenvalue weighted by Gasteiger charge is -2.30. The molecule has 0 spiro atoms. The number of piperidine rings is 1. The van der Waals surface area contributed by atoms with Crippen LogP contribution in [0.25, 0.3) is 0 Å². The van der Waals surface area contributed by atoms with Crippen molar-refractivity contribution in [3.8, 4) is 0 Å². The molecule has 1 fully saturated rings. The first-order chi connectivity index (χ1) is 9.41. The van der Waals surface area contributed by atoms with Crippen molar-refractivity contribution in [2.24, 2.45) is 11.7 Å². The number of amides is 1. The molecule has 0 atom stereocenters. The van der Waals surface area contributed by atoms with Crippen molar-refractivity contribution >= 4 is 27.5 Å². The van der Waals surface area contributed by atoms with E-state index in [9.17, 15) is 13.2 Å². The maximum absolute atomic E-state index is 12.4. The van der Waals surface area contributed by atoms with Crippen LogP contribution in [-0.2, 0) is 14.8 Å². The highest BCUT2D eigenvalue weighted by atomic mass is 35.5. The molecule has 0 aliphatic carbocycles. The minimum absolute atomic E-state index is 0.0215. The molecule has 20 heavy (non-hydrogen) atoms. The van der Waals surface area contributed by atoms with Crippen LogP contribution in [-0.4, -0.2) is 36.7 Å². The molecule has 0 unspecified atom stereocenters. The van der Waals surface area contributed by atoms with Crippen molar-refractivity contribution in [3.63, 3.8) is 0 Å². The fraction of sp³-hybridized carbons (Fsp3) is 0.500. The largest absolute Gasteiger partial charge is 0.370 e. The molecule has 1 aromatic heterocycles. The molecule has 0 saturated carbocycles. The molecule has 1 aromatic rings. The van der Waals surface area contributed by atoms with Gasteiger partial charge in [-0.05, 0) is 30.9 Å². The van der Waals surface area contributed by atoms with Crippen molar-refractivity contribution in [2.45, 2.75) is 24.2 Å². The summed E-state index contributed by atoms with van der Waals surface area (Å²) in [5.41, 5.74) is 5.16. The zero-order chi connectivity index (χ0) is 14.8. The first-order valence-electron chi connectivity index (χ1n) is 6.30. The Bertz CT molecular complexity index is 598. The van der Waals surface area contributed by atoms with Crippen LogP contribution in [0.15, 0.2) is 23.2 Å². The second-order valence-corrected chi connectivity index (χ2v) is 7.07. The molecular weight excluding hydrogens is 302 g/mol. The standard InChI is InChI=1S/C12H16ClN3O3S/c13-12-10(2-1-5-15-12)20(18,19)16-6-3-9(4-7-16)8-11(14)17/h1-2,5,9H,3-4,6-8H2,(H2,14,17). The van der Waals surface area contributed by atoms with Gasteiger partial charge in [-0.25, -0.2) is 13.4 Å². The summed E-state index contributed by atoms with van der Waals surface area (Å²) in [6.45, 7) is 0.733. The molecule has 1 aliphatic rings. The number of rotatable bonds is 4. The first-order valence-corrected chi connectivity index (χ1v) is 8.12. The smallest absolute Gasteiger partial charge is 0.246 e. The topological polar surface area (TPSA) is 93.4 Å². The summed E-state index contributed by atoms with van der Waals surface area (Å²) in [6, 6.07) is 2.98. The summed E-state index contributed by atoms with van der Waals surface area (Å²) in [5.74, 6) is -0.190. The number of primary amides is 1. The van der Waals surface area contributed by atoms with E-state index >= 15 is 0 Å². The minimum atomic E-state index is -3.62. The van der Waals surface area contributed by atoms with Crippen LogP contribution in [0, 0.1) is 5.92 Å². The number of pyridine rings is 1. The van der Waals surface area contributed by atoms with E-state index in [1.807, 2.05) is 0 Å². The molecule has 110 valence electrons. The van der Waals surface area contributed by atoms with E-state index in [4.69, 9.17) is 17.3 Å². The number of carbonyl (C=O) groups is 1. The van der Waals surface area contributed by atoms with Gasteiger partial charge in [0.05, 0.1) is 0 Å². The molecule has 1 amide bonds. The van der Waals surface area contributed by atoms with Gasteiger partial charge in [0.2, 0.25) is 15.9 Å². The Balaban J connectivity index is 2.10. The number of sulfonamides is 1. The van der Waals surface area contributed by atoms with Gasteiger partial charge in [0, 0.05) is 25.7 Å². The highest BCUT2D eigenvalue weighted by Gasteiger charge is 2.31. The number of nitrogens with zero attached hydrogens (tertiary/aromatic N) is 2. The average Bonchev–Trinajstić information content (AvgIpc) is 2.39. The summed E-state index contributed by atoms with van der Waals surface area (Å²) < 4.78 is 26.3. The number of hydrogen-bond acceptors (Lipinski definition) is 4. The predicted octanol–water partition coefficient (Wildman–Crippen LogP) is 1.01. The summed E-state index contributed by atoms with van der Waals surface area (Å²) in [6.07, 6.45) is 3.00. The van der Waals surface area contributed by atoms with Crippen molar-refractivity contribution in [2.75, 3.05) is 13.1 Å². The van der Waals surface area contributed by atoms with E-state index in [0.29, 0.717) is 32.4 Å². The van der Waals surface area contributed by atoms with E-state index in [2.05, 4.69) is 4.98 Å². The summed E-state index contributed by atoms with van der Waals surface area (Å²) in [7, 11) is -3.62. The maximum atomic E-state index is 12.4. The molecule has 2 rings (SSSR count). The highest BCUT2D eigenvalue weighted by Crippen LogP contribution is 2.27. The molecule has 8 heteroatoms. The van der Waals surface area contributed by atoms with Gasteiger partial charge >= 0.3 is 0 Å². The number of nitrogens with two attached hydrogens (primary N) is 1. The van der Waals surface area contributed by atoms with Crippen molar-refractivity contribution in [1.29, 1.82) is 0 Å². The van der Waals surface area contributed by atoms with Gasteiger partial charge in [-0.1, -0.05) is 11.6 Å². The van der Waals surface area contributed by atoms with Crippen LogP contribution in [0.5, 0.6) is 0 Å². The second kappa shape index (κ2) is 6.07. The zero-order valence-electron chi connectivity index (χ0n) is 10.8. The molecule has 0 aromatic carbocycles. The third-order valence-electron chi connectivity index (χ3n) is 3.41. The second-order valence-electron chi connectivity index (χ2n) is 4.81. The van der Waals surface area contributed by atoms with Gasteiger partial charge in [0.1, 0.15) is 10.0 Å². The number of carbonyl (C=O) groups excluding carboxylic acids is 1. The van der Waals surface area contributed by atoms with Crippen LogP contribution in [0.2, 0.25) is 5.15 Å². The molecular formula is C12H16ClN3O3S. The van der Waals surface area contributed by atoms with Crippen molar-refractivity contribution in [1.82, 2.24) is 9.29 Å². The third kappa shape index (κ3) is 3.28. The van der Waals surface area contributed by atoms with Gasteiger partial charge in [-0.3, -0.25) is 4.79 Å². The maximum Gasteiger partial charge on any atom is 0.246 e. The Labute approximate surface area is 123 Å². The Morgan fingerprint density at radius 3 is 2.65 bits per heavy atom. The summed E-state index contributed by atoms with van der Waals surface area (Å²) >= 11 is 5.85. The van der Waals surface area contributed by atoms with Gasteiger partial charge in [0.15, 0.2) is 0 Å². The Morgan fingerprint density at radius 1 is 1.45 bits per heavy atom. The third-order valence-corrected chi connectivity index (χ3v) is 5.75. The zero-order valence-corrected chi connectivity index (χ0v) is 12.4. The van der Waals surface area contributed by atoms with Crippen LogP contribution >= 0.6 is 11.6 Å². The molecule has 6 nitrogen and oxygen atoms in total. The molecule has 0 radical (unpaired) electrons. The van der Waals surface area contributed by atoms with E-state index in [0.717, 1.165) is 0 Å². The lowest BCUT2D eigenvalue weighted by Crippen LogP contribution is -2.39. The van der Waals surface area contributed by atoms with Crippen LogP contribution in [0.3, 0.4) is 0 Å². The predicted molar refractivity (Wildman–Crippen MR) is 74.5 cm³/mol. The van der Waals surface area contributed by atoms with Crippen LogP contribution in [0.1, 0.15) is 19.3 Å². The average molecular weight is 318 g/mol. The Hall–Kier alpha value is -1.18. The van der Waals surface area contributed by atoms with Gasteiger partial charge in [-0.2, -0.15) is 4.31 Å². The minimum Gasteiger partial charge on any atom is -0.370 e. The van der Waals surface area contributed by atoms with Gasteiger partial charge in [0.25, 0.3) is 0 Å². The Kier molecular flexibility index (Phi) is 4.62. The lowest BCUT2D eigenvalue weighted by molar-refractivity contribution is -0.119. The monoisotopic (exact) mass is 317 g/mol. The summed E-state index contributed by atoms with van der Waals surface area (Å²) in [5, 5.41) is -0.0215. The van der Waals surface area contributed by atoms with Crippen molar-refractivity contribution < 1.29 is 13.2 Å². The number of hydrogen-bond donors (Lipinski definition) is 1. The fourth-order valence-corrected chi connectivity index (χ4v) is 4.24. The quantitative estimate of drug-likeness (QED) is 0.839. The van der Waals surface area contributed by atoms with E-state index < -0.39 is 10.0 Å². The Morgan fingerprint density at radius 2 is 2.10 bits per heavy atom. The molecule has 2 N–H and O–H groups in total. The summed E-state index contributed by atoms with van der Waals surface area (Å²) in [4.78, 5) is 14.7. The number of halogens is 1. The van der Waals surface area contributed by atoms with E-state index in [-0.39, 0.29) is 21.9 Å². The molecule has 1 saturated heterocycles. The highest BCUT2D eigenvalue weighted by molar-refractivity contribution is 7.89. The van der Waals surface area contributed by atoms with E-state index in [1.165, 1.54) is 16.6 Å². The SMILES string of the molecule is NC(=O)CC1CCN(S(=O)(=O)c2cccnc2Cl)CC1. The van der Waals surface area contributed by atoms with Gasteiger partial charge in [-0.15, -0.1) is 0 Å². The normalized spacial score (nSPS) is 18.1. The van der Waals surface area contributed by atoms with Crippen molar-refractivity contribution in [3.05, 3.63) is 23.5 Å². The van der Waals surface area contributed by atoms with Crippen LogP contribution in [0.4, 0.5) is 0 Å². The molecule has 0 bridgehead atoms. The molecule has 2 heterocycles.